The molecule has 0 atom stereocenters. The van der Waals surface area contributed by atoms with Gasteiger partial charge in [-0.1, -0.05) is 6.92 Å². The largest absolute Gasteiger partial charge is 0.477 e. The van der Waals surface area contributed by atoms with E-state index in [1.54, 1.807) is 0 Å². The van der Waals surface area contributed by atoms with Gasteiger partial charge in [0.15, 0.2) is 0 Å². The molecule has 0 aliphatic carbocycles. The lowest BCUT2D eigenvalue weighted by molar-refractivity contribution is 0.0684. The Balaban J connectivity index is 2.30. The lowest BCUT2D eigenvalue weighted by Crippen LogP contribution is -2.14. The van der Waals surface area contributed by atoms with Gasteiger partial charge in [-0.05, 0) is 25.5 Å². The van der Waals surface area contributed by atoms with Gasteiger partial charge in [-0.15, -0.1) is 0 Å². The van der Waals surface area contributed by atoms with Crippen molar-refractivity contribution >= 4 is 5.97 Å². The van der Waals surface area contributed by atoms with E-state index in [9.17, 15) is 4.79 Å². The molecule has 2 aromatic heterocycles. The van der Waals surface area contributed by atoms with Crippen molar-refractivity contribution in [2.45, 2.75) is 33.4 Å². The first kappa shape index (κ1) is 12.3. The Hall–Kier alpha value is -2.11. The van der Waals surface area contributed by atoms with Crippen molar-refractivity contribution in [1.29, 1.82) is 0 Å². The summed E-state index contributed by atoms with van der Waals surface area (Å²) in [6.45, 7) is 5.24. The highest BCUT2D eigenvalue weighted by atomic mass is 16.4. The summed E-state index contributed by atoms with van der Waals surface area (Å²) in [6.07, 6.45) is 2.36. The average molecular weight is 248 g/mol. The monoisotopic (exact) mass is 248 g/mol. The van der Waals surface area contributed by atoms with Gasteiger partial charge >= 0.3 is 5.97 Å². The van der Waals surface area contributed by atoms with Gasteiger partial charge < -0.3 is 5.11 Å². The summed E-state index contributed by atoms with van der Waals surface area (Å²) in [5.41, 5.74) is 2.17. The van der Waals surface area contributed by atoms with Crippen molar-refractivity contribution in [1.82, 2.24) is 19.6 Å². The Bertz CT molecular complexity index is 556. The molecule has 0 unspecified atom stereocenters. The predicted molar refractivity (Wildman–Crippen MR) is 65.6 cm³/mol. The maximum absolute atomic E-state index is 11.0. The first-order valence-electron chi connectivity index (χ1n) is 5.96. The van der Waals surface area contributed by atoms with E-state index in [-0.39, 0.29) is 5.69 Å². The fourth-order valence-corrected chi connectivity index (χ4v) is 1.88. The molecule has 0 amide bonds. The minimum atomic E-state index is -0.967. The highest BCUT2D eigenvalue weighted by molar-refractivity contribution is 5.85. The van der Waals surface area contributed by atoms with E-state index in [0.29, 0.717) is 6.54 Å². The van der Waals surface area contributed by atoms with E-state index in [0.717, 1.165) is 24.4 Å². The van der Waals surface area contributed by atoms with Crippen LogP contribution in [0.2, 0.25) is 0 Å². The molecule has 0 aliphatic rings. The number of hydrogen-bond acceptors (Lipinski definition) is 3. The molecule has 6 nitrogen and oxygen atoms in total. The van der Waals surface area contributed by atoms with Crippen LogP contribution in [0.1, 0.15) is 35.7 Å². The number of carbonyl (C=O) groups is 1. The number of nitrogens with zero attached hydrogens (tertiary/aromatic N) is 4. The summed E-state index contributed by atoms with van der Waals surface area (Å²) < 4.78 is 3.36. The Morgan fingerprint density at radius 2 is 2.17 bits per heavy atom. The molecule has 2 heterocycles. The smallest absolute Gasteiger partial charge is 0.354 e. The Morgan fingerprint density at radius 1 is 1.39 bits per heavy atom. The molecular formula is C12H16N4O2. The third kappa shape index (κ3) is 2.27. The molecule has 0 aromatic carbocycles. The summed E-state index contributed by atoms with van der Waals surface area (Å²) in [5, 5.41) is 17.5. The summed E-state index contributed by atoms with van der Waals surface area (Å²) in [7, 11) is 0. The van der Waals surface area contributed by atoms with Crippen LogP contribution in [-0.4, -0.2) is 30.6 Å². The molecule has 0 aliphatic heterocycles. The van der Waals surface area contributed by atoms with Crippen molar-refractivity contribution in [3.05, 3.63) is 35.4 Å². The molecule has 0 radical (unpaired) electrons. The normalized spacial score (nSPS) is 10.8. The number of aromatic nitrogens is 4. The topological polar surface area (TPSA) is 72.9 Å². The van der Waals surface area contributed by atoms with Crippen LogP contribution in [0, 0.1) is 0 Å². The minimum absolute atomic E-state index is 0.192. The van der Waals surface area contributed by atoms with Crippen LogP contribution in [-0.2, 0) is 19.5 Å². The van der Waals surface area contributed by atoms with Gasteiger partial charge in [-0.25, -0.2) is 4.79 Å². The highest BCUT2D eigenvalue weighted by Crippen LogP contribution is 2.09. The lowest BCUT2D eigenvalue weighted by atomic mass is 10.3. The van der Waals surface area contributed by atoms with Crippen LogP contribution in [0.25, 0.3) is 0 Å². The molecule has 0 spiro atoms. The van der Waals surface area contributed by atoms with Crippen molar-refractivity contribution < 1.29 is 9.90 Å². The number of carboxylic acid groups (broad SMARTS) is 1. The Kier molecular flexibility index (Phi) is 3.45. The van der Waals surface area contributed by atoms with Crippen LogP contribution in [0.4, 0.5) is 0 Å². The molecule has 96 valence electrons. The zero-order valence-electron chi connectivity index (χ0n) is 10.5. The minimum Gasteiger partial charge on any atom is -0.477 e. The Labute approximate surface area is 105 Å². The number of aromatic carboxylic acids is 1. The van der Waals surface area contributed by atoms with Crippen LogP contribution in [0.5, 0.6) is 0 Å². The molecule has 0 bridgehead atoms. The molecule has 6 heteroatoms. The second-order valence-electron chi connectivity index (χ2n) is 3.98. The van der Waals surface area contributed by atoms with Crippen molar-refractivity contribution in [3.8, 4) is 0 Å². The Morgan fingerprint density at radius 3 is 2.78 bits per heavy atom. The van der Waals surface area contributed by atoms with Crippen molar-refractivity contribution in [3.63, 3.8) is 0 Å². The summed E-state index contributed by atoms with van der Waals surface area (Å²) in [5.74, 6) is -0.967. The molecule has 2 rings (SSSR count). The average Bonchev–Trinajstić information content (AvgIpc) is 2.95. The van der Waals surface area contributed by atoms with Gasteiger partial charge in [0.1, 0.15) is 5.69 Å². The number of hydrogen-bond donors (Lipinski definition) is 1. The molecule has 18 heavy (non-hydrogen) atoms. The summed E-state index contributed by atoms with van der Waals surface area (Å²) >= 11 is 0. The number of aryl methyl sites for hydroxylation is 2. The van der Waals surface area contributed by atoms with Crippen LogP contribution < -0.4 is 0 Å². The maximum Gasteiger partial charge on any atom is 0.354 e. The molecule has 2 aromatic rings. The van der Waals surface area contributed by atoms with E-state index in [1.807, 2.05) is 24.6 Å². The molecule has 0 fully saturated rings. The van der Waals surface area contributed by atoms with Gasteiger partial charge in [0.2, 0.25) is 0 Å². The van der Waals surface area contributed by atoms with Gasteiger partial charge in [0.05, 0.1) is 17.9 Å². The standard InChI is InChI=1S/C12H16N4O2/c1-3-9-7-10(15(4-2)14-9)8-16-11(12(17)18)5-6-13-16/h5-7H,3-4,8H2,1-2H3,(H,17,18). The maximum atomic E-state index is 11.0. The van der Waals surface area contributed by atoms with Crippen LogP contribution in [0.3, 0.4) is 0 Å². The fourth-order valence-electron chi connectivity index (χ4n) is 1.88. The number of rotatable bonds is 5. The number of carboxylic acids is 1. The SMILES string of the molecule is CCc1cc(Cn2nccc2C(=O)O)n(CC)n1. The molecule has 0 saturated heterocycles. The quantitative estimate of drug-likeness (QED) is 0.868. The highest BCUT2D eigenvalue weighted by Gasteiger charge is 2.13. The van der Waals surface area contributed by atoms with Gasteiger partial charge in [0, 0.05) is 12.7 Å². The predicted octanol–water partition coefficient (Wildman–Crippen LogP) is 1.41. The fraction of sp³-hybridized carbons (Fsp3) is 0.417. The van der Waals surface area contributed by atoms with E-state index in [4.69, 9.17) is 5.11 Å². The lowest BCUT2D eigenvalue weighted by Gasteiger charge is -2.06. The van der Waals surface area contributed by atoms with Gasteiger partial charge in [-0.2, -0.15) is 10.2 Å². The van der Waals surface area contributed by atoms with E-state index >= 15 is 0 Å². The first-order chi connectivity index (χ1) is 8.65. The third-order valence-electron chi connectivity index (χ3n) is 2.82. The zero-order chi connectivity index (χ0) is 13.1. The van der Waals surface area contributed by atoms with Crippen LogP contribution >= 0.6 is 0 Å². The zero-order valence-corrected chi connectivity index (χ0v) is 10.5. The van der Waals surface area contributed by atoms with E-state index < -0.39 is 5.97 Å². The van der Waals surface area contributed by atoms with E-state index in [2.05, 4.69) is 10.2 Å². The van der Waals surface area contributed by atoms with Gasteiger partial charge in [-0.3, -0.25) is 9.36 Å². The van der Waals surface area contributed by atoms with Crippen molar-refractivity contribution in [2.24, 2.45) is 0 Å². The van der Waals surface area contributed by atoms with Crippen LogP contribution in [0.15, 0.2) is 18.3 Å². The van der Waals surface area contributed by atoms with Gasteiger partial charge in [0.25, 0.3) is 0 Å². The second-order valence-corrected chi connectivity index (χ2v) is 3.98. The summed E-state index contributed by atoms with van der Waals surface area (Å²) in [6, 6.07) is 3.49. The summed E-state index contributed by atoms with van der Waals surface area (Å²) in [4.78, 5) is 11.0. The molecule has 0 saturated carbocycles. The molecule has 1 N–H and O–H groups in total. The third-order valence-corrected chi connectivity index (χ3v) is 2.82. The second kappa shape index (κ2) is 5.03. The first-order valence-corrected chi connectivity index (χ1v) is 5.96. The van der Waals surface area contributed by atoms with E-state index in [1.165, 1.54) is 16.9 Å². The molecular weight excluding hydrogens is 232 g/mol. The van der Waals surface area contributed by atoms with Crippen molar-refractivity contribution in [2.75, 3.05) is 0 Å².